The molecule has 31 heteroatoms. The molecular formula is C57H58N12O13S6. The Morgan fingerprint density at radius 2 is 1.42 bits per heavy atom. The lowest BCUT2D eigenvalue weighted by atomic mass is 9.90. The highest BCUT2D eigenvalue weighted by atomic mass is 32.1. The van der Waals surface area contributed by atoms with E-state index < -0.39 is 72.3 Å². The third kappa shape index (κ3) is 15.6. The molecule has 7 aromatic heterocycles. The van der Waals surface area contributed by atoms with Gasteiger partial charge in [0.15, 0.2) is 5.78 Å². The Morgan fingerprint density at radius 3 is 2.16 bits per heavy atom. The number of ketones is 1. The van der Waals surface area contributed by atoms with Gasteiger partial charge >= 0.3 is 18.0 Å². The van der Waals surface area contributed by atoms with Gasteiger partial charge in [-0.1, -0.05) is 44.2 Å². The SMILES string of the molecule is CNC(=O)C[C@@H]1NC(=O)c2csc(n2)-c2ccc(-c3nc(N(CCCC(=O)O)C(=O)OCCCC(=O)O)cs3)nc2-c2csc(n2)-c2csc(n2)[C@H]([C@@H](O)c2ccccc2)NC(=O)CNC(=O)c2nc(sc2COC)[C@H](C(C)C)CC(=O)c2nc1sc2C. The zero-order chi connectivity index (χ0) is 62.8. The van der Waals surface area contributed by atoms with Crippen LogP contribution in [0.3, 0.4) is 0 Å². The summed E-state index contributed by atoms with van der Waals surface area (Å²) in [4.78, 5) is 142. The number of aryl methyl sites for hydroxylation is 1. The van der Waals surface area contributed by atoms with Crippen molar-refractivity contribution in [3.63, 3.8) is 0 Å². The van der Waals surface area contributed by atoms with Crippen LogP contribution in [0.2, 0.25) is 0 Å². The van der Waals surface area contributed by atoms with Crippen molar-refractivity contribution >= 4 is 121 Å². The van der Waals surface area contributed by atoms with Crippen LogP contribution in [0.4, 0.5) is 10.6 Å². The normalized spacial score (nSPS) is 16.1. The van der Waals surface area contributed by atoms with Crippen molar-refractivity contribution in [2.24, 2.45) is 5.92 Å². The Hall–Kier alpha value is -8.17. The van der Waals surface area contributed by atoms with Gasteiger partial charge in [0.25, 0.3) is 11.8 Å². The Morgan fingerprint density at radius 1 is 0.727 bits per heavy atom. The number of hydrogen-bond acceptors (Lipinski definition) is 24. The standard InChI is InChI=1S/C57H58N12O13S6/c1-27(2)31-19-37(70)44-28(3)87-55(67-44)33(20-40(71)58-4)61-49(78)35-24-83-51(63-35)30-15-16-32(53-65-39(26-86-53)69(17-9-13-42(73)74)57(80)82-18-10-14-43(75)76)60-45(30)34-23-84-54(62-34)36-25-85-56(64-36)47(48(77)29-11-7-6-8-12-29)66-41(72)21-59-50(79)46-38(22-81-5)88-52(31)68-46/h6-8,11-12,15-16,23-27,31,33,47-48,77H,9-10,13-14,17-22H2,1-5H3,(H,58,71)(H,59,79)(H,61,78)(H,66,72)(H,73,74)(H,75,76)/t31-,33-,47-,48-/m0/s1. The van der Waals surface area contributed by atoms with Gasteiger partial charge in [0.1, 0.15) is 77.2 Å². The first-order chi connectivity index (χ1) is 42.3. The number of anilines is 1. The molecule has 0 unspecified atom stereocenters. The summed E-state index contributed by atoms with van der Waals surface area (Å²) in [5, 5.41) is 50.3. The van der Waals surface area contributed by atoms with Gasteiger partial charge in [0.2, 0.25) is 11.8 Å². The molecule has 0 radical (unpaired) electrons. The average molecular weight is 1310 g/mol. The predicted octanol–water partition coefficient (Wildman–Crippen LogP) is 8.87. The van der Waals surface area contributed by atoms with Crippen molar-refractivity contribution in [3.05, 3.63) is 111 Å². The molecule has 7 N–H and O–H groups in total. The lowest BCUT2D eigenvalue weighted by Crippen LogP contribution is -2.40. The number of aromatic nitrogens is 7. The first-order valence-corrected chi connectivity index (χ1v) is 32.5. The summed E-state index contributed by atoms with van der Waals surface area (Å²) in [5.41, 5.74) is 2.41. The monoisotopic (exact) mass is 1310 g/mol. The van der Waals surface area contributed by atoms with E-state index in [-0.39, 0.29) is 98.6 Å². The molecule has 1 aliphatic rings. The molecule has 25 nitrogen and oxygen atoms in total. The molecule has 0 saturated heterocycles. The van der Waals surface area contributed by atoms with Crippen LogP contribution in [0.5, 0.6) is 0 Å². The lowest BCUT2D eigenvalue weighted by Gasteiger charge is -2.23. The van der Waals surface area contributed by atoms with Gasteiger partial charge in [0.05, 0.1) is 47.8 Å². The first-order valence-electron chi connectivity index (χ1n) is 27.3. The second kappa shape index (κ2) is 29.2. The van der Waals surface area contributed by atoms with Crippen LogP contribution < -0.4 is 26.2 Å². The molecule has 460 valence electrons. The molecule has 9 rings (SSSR count). The van der Waals surface area contributed by atoms with Gasteiger partial charge in [-0.2, -0.15) is 0 Å². The number of benzene rings is 1. The molecule has 5 amide bonds. The number of thiazole rings is 6. The number of fused-ring (bicyclic) bond motifs is 14. The quantitative estimate of drug-likeness (QED) is 0.0418. The summed E-state index contributed by atoms with van der Waals surface area (Å²) in [6.45, 7) is 4.79. The number of aliphatic carboxylic acids is 2. The van der Waals surface area contributed by atoms with Gasteiger partial charge < -0.3 is 46.1 Å². The van der Waals surface area contributed by atoms with Crippen LogP contribution >= 0.6 is 68.0 Å². The fourth-order valence-corrected chi connectivity index (χ4v) is 14.7. The van der Waals surface area contributed by atoms with Gasteiger partial charge in [0, 0.05) is 77.8 Å². The van der Waals surface area contributed by atoms with E-state index in [2.05, 4.69) is 21.3 Å². The van der Waals surface area contributed by atoms with E-state index in [4.69, 9.17) is 49.5 Å². The minimum Gasteiger partial charge on any atom is -0.481 e. The molecule has 0 aliphatic carbocycles. The molecule has 10 bridgehead atoms. The third-order valence-electron chi connectivity index (χ3n) is 13.6. The number of carboxylic acid groups (broad SMARTS) is 2. The maximum atomic E-state index is 14.4. The van der Waals surface area contributed by atoms with Gasteiger partial charge in [-0.25, -0.2) is 39.7 Å². The number of carbonyl (C=O) groups excluding carboxylic acids is 6. The highest BCUT2D eigenvalue weighted by molar-refractivity contribution is 7.15. The summed E-state index contributed by atoms with van der Waals surface area (Å²) in [6, 6.07) is 9.97. The highest BCUT2D eigenvalue weighted by Gasteiger charge is 2.33. The van der Waals surface area contributed by atoms with Crippen LogP contribution in [0.25, 0.3) is 43.4 Å². The molecule has 88 heavy (non-hydrogen) atoms. The van der Waals surface area contributed by atoms with Crippen molar-refractivity contribution in [2.45, 2.75) is 90.0 Å². The largest absolute Gasteiger partial charge is 0.481 e. The van der Waals surface area contributed by atoms with Crippen LogP contribution in [-0.2, 0) is 35.3 Å². The number of hydrogen-bond donors (Lipinski definition) is 7. The van der Waals surface area contributed by atoms with E-state index in [1.54, 1.807) is 70.9 Å². The van der Waals surface area contributed by atoms with Crippen LogP contribution in [-0.4, -0.2) is 132 Å². The minimum absolute atomic E-state index is 0.00899. The number of aliphatic hydroxyl groups excluding tert-OH is 1. The predicted molar refractivity (Wildman–Crippen MR) is 331 cm³/mol. The molecule has 0 fully saturated rings. The van der Waals surface area contributed by atoms with Crippen molar-refractivity contribution in [1.82, 2.24) is 56.2 Å². The zero-order valence-electron chi connectivity index (χ0n) is 47.8. The van der Waals surface area contributed by atoms with E-state index >= 15 is 0 Å². The number of nitrogens with zero attached hydrogens (tertiary/aromatic N) is 8. The minimum atomic E-state index is -1.31. The number of Topliss-reactive ketones (excluding diaryl/α,β-unsaturated/α-hetero) is 1. The maximum Gasteiger partial charge on any atom is 0.415 e. The van der Waals surface area contributed by atoms with E-state index in [1.807, 2.05) is 13.8 Å². The Balaban J connectivity index is 1.12. The van der Waals surface area contributed by atoms with E-state index in [0.29, 0.717) is 68.0 Å². The van der Waals surface area contributed by atoms with Crippen LogP contribution in [0, 0.1) is 12.8 Å². The first kappa shape index (κ1) is 64.3. The number of rotatable bonds is 17. The summed E-state index contributed by atoms with van der Waals surface area (Å²) < 4.78 is 10.8. The topological polar surface area (TPSA) is 357 Å². The van der Waals surface area contributed by atoms with Crippen LogP contribution in [0.1, 0.15) is 138 Å². The molecule has 1 aromatic carbocycles. The fourth-order valence-electron chi connectivity index (χ4n) is 9.10. The number of methoxy groups -OCH3 is 1. The second-order valence-corrected chi connectivity index (χ2v) is 26.0. The van der Waals surface area contributed by atoms with Crippen molar-refractivity contribution in [1.29, 1.82) is 0 Å². The van der Waals surface area contributed by atoms with Crippen molar-refractivity contribution in [2.75, 3.05) is 38.8 Å². The number of aliphatic hydroxyl groups is 1. The smallest absolute Gasteiger partial charge is 0.415 e. The number of nitrogens with one attached hydrogen (secondary N) is 4. The number of amides is 5. The van der Waals surface area contributed by atoms with Crippen molar-refractivity contribution in [3.8, 4) is 43.4 Å². The number of pyridine rings is 1. The van der Waals surface area contributed by atoms with Gasteiger partial charge in [-0.15, -0.1) is 68.0 Å². The summed E-state index contributed by atoms with van der Waals surface area (Å²) in [7, 11) is 2.93. The summed E-state index contributed by atoms with van der Waals surface area (Å²) in [5.74, 6) is -5.36. The maximum absolute atomic E-state index is 14.4. The molecule has 8 heterocycles. The third-order valence-corrected chi connectivity index (χ3v) is 19.4. The lowest BCUT2D eigenvalue weighted by molar-refractivity contribution is -0.138. The average Bonchev–Trinajstić information content (AvgIpc) is 2.63. The Bertz CT molecular complexity index is 3870. The Kier molecular flexibility index (Phi) is 21.4. The molecule has 4 atom stereocenters. The number of carboxylic acids is 2. The molecule has 0 spiro atoms. The summed E-state index contributed by atoms with van der Waals surface area (Å²) >= 11 is 7.02. The zero-order valence-corrected chi connectivity index (χ0v) is 52.7. The molecule has 0 saturated carbocycles. The molecule has 8 aromatic rings. The van der Waals surface area contributed by atoms with Gasteiger partial charge in [-0.05, 0) is 43.4 Å². The molecule has 1 aliphatic heterocycles. The van der Waals surface area contributed by atoms with E-state index in [1.165, 1.54) is 41.7 Å². The van der Waals surface area contributed by atoms with E-state index in [9.17, 15) is 48.6 Å². The number of ether oxygens (including phenoxy) is 2. The molecular weight excluding hydrogens is 1250 g/mol. The van der Waals surface area contributed by atoms with E-state index in [0.717, 1.165) is 45.3 Å². The van der Waals surface area contributed by atoms with Crippen LogP contribution in [0.15, 0.2) is 64.0 Å². The van der Waals surface area contributed by atoms with Crippen molar-refractivity contribution < 1.29 is 63.1 Å². The Labute approximate surface area is 526 Å². The summed E-state index contributed by atoms with van der Waals surface area (Å²) in [6.07, 6.45) is -2.83. The second-order valence-electron chi connectivity index (χ2n) is 20.2. The fraction of sp³-hybridized carbons (Fsp3) is 0.351. The highest BCUT2D eigenvalue weighted by Crippen LogP contribution is 2.41. The number of carbonyl (C=O) groups is 8. The van der Waals surface area contributed by atoms with Gasteiger partial charge in [-0.3, -0.25) is 38.5 Å².